The molecule has 3 aromatic heterocycles. The van der Waals surface area contributed by atoms with Crippen LogP contribution in [-0.2, 0) is 4.79 Å². The highest BCUT2D eigenvalue weighted by molar-refractivity contribution is 7.13. The van der Waals surface area contributed by atoms with Gasteiger partial charge in [0, 0.05) is 37.8 Å². The molecule has 0 aliphatic carbocycles. The first-order valence-electron chi connectivity index (χ1n) is 8.54. The normalized spacial score (nSPS) is 16.8. The van der Waals surface area contributed by atoms with Crippen molar-refractivity contribution in [3.8, 4) is 10.8 Å². The molecule has 1 atom stereocenters. The smallest absolute Gasteiger partial charge is 0.254 e. The standard InChI is InChI=1S/C17H19N7O2S/c1-22(2)17(26)11-4-3-6-23(11)16(25)10-8-12(18)24-13(9-10)20-14(21-24)15-19-5-7-27-15/h5,7-9,11H,3-4,6,18H2,1-2H3. The Kier molecular flexibility index (Phi) is 4.27. The molecule has 1 unspecified atom stereocenters. The van der Waals surface area contributed by atoms with Crippen molar-refractivity contribution in [2.45, 2.75) is 18.9 Å². The highest BCUT2D eigenvalue weighted by Gasteiger charge is 2.35. The van der Waals surface area contributed by atoms with Gasteiger partial charge in [-0.15, -0.1) is 16.4 Å². The van der Waals surface area contributed by atoms with Crippen molar-refractivity contribution in [1.82, 2.24) is 29.4 Å². The lowest BCUT2D eigenvalue weighted by Gasteiger charge is -2.26. The minimum atomic E-state index is -0.436. The molecular weight excluding hydrogens is 366 g/mol. The number of likely N-dealkylation sites (N-methyl/N-ethyl adjacent to an activating group) is 1. The molecule has 2 N–H and O–H groups in total. The van der Waals surface area contributed by atoms with Crippen LogP contribution in [0.15, 0.2) is 23.7 Å². The fraction of sp³-hybridized carbons (Fsp3) is 0.353. The number of amides is 2. The number of nitrogens with zero attached hydrogens (tertiary/aromatic N) is 6. The molecule has 1 aliphatic rings. The lowest BCUT2D eigenvalue weighted by Crippen LogP contribution is -2.45. The van der Waals surface area contributed by atoms with Crippen molar-refractivity contribution < 1.29 is 9.59 Å². The second-order valence-electron chi connectivity index (χ2n) is 6.60. The lowest BCUT2D eigenvalue weighted by molar-refractivity contribution is -0.132. The summed E-state index contributed by atoms with van der Waals surface area (Å²) in [6.07, 6.45) is 3.14. The fourth-order valence-corrected chi connectivity index (χ4v) is 3.85. The number of carbonyl (C=O) groups is 2. The van der Waals surface area contributed by atoms with Crippen LogP contribution in [0, 0.1) is 0 Å². The number of pyridine rings is 1. The second-order valence-corrected chi connectivity index (χ2v) is 7.50. The van der Waals surface area contributed by atoms with Crippen molar-refractivity contribution in [3.05, 3.63) is 29.3 Å². The van der Waals surface area contributed by atoms with Crippen LogP contribution >= 0.6 is 11.3 Å². The molecule has 1 fully saturated rings. The summed E-state index contributed by atoms with van der Waals surface area (Å²) in [6, 6.07) is 2.79. The van der Waals surface area contributed by atoms with Crippen LogP contribution in [0.5, 0.6) is 0 Å². The number of nitrogen functional groups attached to an aromatic ring is 1. The Morgan fingerprint density at radius 1 is 1.33 bits per heavy atom. The zero-order chi connectivity index (χ0) is 19.1. The molecule has 10 heteroatoms. The van der Waals surface area contributed by atoms with Crippen LogP contribution in [-0.4, -0.2) is 67.9 Å². The van der Waals surface area contributed by atoms with Gasteiger partial charge in [-0.1, -0.05) is 0 Å². The third-order valence-electron chi connectivity index (χ3n) is 4.57. The highest BCUT2D eigenvalue weighted by Crippen LogP contribution is 2.24. The topological polar surface area (TPSA) is 110 Å². The number of carbonyl (C=O) groups excluding carboxylic acids is 2. The number of rotatable bonds is 3. The molecule has 9 nitrogen and oxygen atoms in total. The van der Waals surface area contributed by atoms with Gasteiger partial charge in [0.25, 0.3) is 5.91 Å². The summed E-state index contributed by atoms with van der Waals surface area (Å²) in [6.45, 7) is 0.547. The van der Waals surface area contributed by atoms with Crippen LogP contribution in [0.3, 0.4) is 0 Å². The van der Waals surface area contributed by atoms with Crippen molar-refractivity contribution in [3.63, 3.8) is 0 Å². The molecule has 4 rings (SSSR count). The molecule has 1 aliphatic heterocycles. The van der Waals surface area contributed by atoms with Gasteiger partial charge in [0.2, 0.25) is 11.7 Å². The number of aromatic nitrogens is 4. The van der Waals surface area contributed by atoms with Crippen LogP contribution in [0.1, 0.15) is 23.2 Å². The van der Waals surface area contributed by atoms with E-state index in [1.165, 1.54) is 20.8 Å². The molecule has 4 heterocycles. The Labute approximate surface area is 159 Å². The summed E-state index contributed by atoms with van der Waals surface area (Å²) < 4.78 is 1.49. The maximum atomic E-state index is 13.0. The summed E-state index contributed by atoms with van der Waals surface area (Å²) in [4.78, 5) is 37.2. The van der Waals surface area contributed by atoms with E-state index in [1.54, 1.807) is 37.3 Å². The van der Waals surface area contributed by atoms with Crippen LogP contribution < -0.4 is 5.73 Å². The maximum Gasteiger partial charge on any atom is 0.254 e. The average Bonchev–Trinajstić information content (AvgIpc) is 3.38. The van der Waals surface area contributed by atoms with E-state index >= 15 is 0 Å². The molecule has 140 valence electrons. The van der Waals surface area contributed by atoms with Gasteiger partial charge in [-0.25, -0.2) is 9.97 Å². The van der Waals surface area contributed by atoms with Gasteiger partial charge < -0.3 is 15.5 Å². The summed E-state index contributed by atoms with van der Waals surface area (Å²) in [5.41, 5.74) is 6.97. The monoisotopic (exact) mass is 385 g/mol. The Hall–Kier alpha value is -3.01. The van der Waals surface area contributed by atoms with E-state index in [4.69, 9.17) is 5.73 Å². The van der Waals surface area contributed by atoms with Gasteiger partial charge in [-0.2, -0.15) is 4.52 Å². The molecule has 1 saturated heterocycles. The first-order chi connectivity index (χ1) is 13.0. The zero-order valence-electron chi connectivity index (χ0n) is 15.0. The van der Waals surface area contributed by atoms with Gasteiger partial charge >= 0.3 is 0 Å². The summed E-state index contributed by atoms with van der Waals surface area (Å²) in [5, 5.41) is 6.89. The van der Waals surface area contributed by atoms with Crippen LogP contribution in [0.4, 0.5) is 5.82 Å². The van der Waals surface area contributed by atoms with Gasteiger partial charge in [0.05, 0.1) is 0 Å². The molecule has 27 heavy (non-hydrogen) atoms. The Balaban J connectivity index is 1.69. The first kappa shape index (κ1) is 17.4. The average molecular weight is 385 g/mol. The quantitative estimate of drug-likeness (QED) is 0.724. The predicted molar refractivity (Wildman–Crippen MR) is 101 cm³/mol. The van der Waals surface area contributed by atoms with E-state index in [0.29, 0.717) is 40.8 Å². The number of nitrogens with two attached hydrogens (primary N) is 1. The predicted octanol–water partition coefficient (Wildman–Crippen LogP) is 1.13. The summed E-state index contributed by atoms with van der Waals surface area (Å²) in [5.74, 6) is 0.480. The van der Waals surface area contributed by atoms with Crippen molar-refractivity contribution in [2.24, 2.45) is 0 Å². The number of fused-ring (bicyclic) bond motifs is 1. The van der Waals surface area contributed by atoms with Gasteiger partial charge in [-0.3, -0.25) is 9.59 Å². The molecule has 0 radical (unpaired) electrons. The zero-order valence-corrected chi connectivity index (χ0v) is 15.8. The number of thiazole rings is 1. The number of hydrogen-bond acceptors (Lipinski definition) is 7. The second kappa shape index (κ2) is 6.62. The summed E-state index contributed by atoms with van der Waals surface area (Å²) in [7, 11) is 3.40. The maximum absolute atomic E-state index is 13.0. The third kappa shape index (κ3) is 3.01. The van der Waals surface area contributed by atoms with E-state index < -0.39 is 6.04 Å². The van der Waals surface area contributed by atoms with Crippen molar-refractivity contribution in [1.29, 1.82) is 0 Å². The van der Waals surface area contributed by atoms with E-state index in [0.717, 1.165) is 6.42 Å². The van der Waals surface area contributed by atoms with Gasteiger partial charge in [0.15, 0.2) is 10.7 Å². The molecule has 3 aromatic rings. The van der Waals surface area contributed by atoms with E-state index in [2.05, 4.69) is 15.1 Å². The number of likely N-dealkylation sites (tertiary alicyclic amines) is 1. The van der Waals surface area contributed by atoms with Crippen molar-refractivity contribution in [2.75, 3.05) is 26.4 Å². The Morgan fingerprint density at radius 3 is 2.85 bits per heavy atom. The lowest BCUT2D eigenvalue weighted by atomic mass is 10.1. The number of anilines is 1. The van der Waals surface area contributed by atoms with E-state index in [-0.39, 0.29) is 11.8 Å². The minimum absolute atomic E-state index is 0.0663. The number of hydrogen-bond donors (Lipinski definition) is 1. The third-order valence-corrected chi connectivity index (χ3v) is 5.34. The van der Waals surface area contributed by atoms with Gasteiger partial charge in [-0.05, 0) is 25.0 Å². The Bertz CT molecular complexity index is 1010. The summed E-state index contributed by atoms with van der Waals surface area (Å²) >= 11 is 1.43. The largest absolute Gasteiger partial charge is 0.384 e. The van der Waals surface area contributed by atoms with Crippen molar-refractivity contribution >= 4 is 34.6 Å². The fourth-order valence-electron chi connectivity index (χ4n) is 3.29. The van der Waals surface area contributed by atoms with Crippen LogP contribution in [0.2, 0.25) is 0 Å². The van der Waals surface area contributed by atoms with E-state index in [9.17, 15) is 9.59 Å². The molecule has 0 aromatic carbocycles. The van der Waals surface area contributed by atoms with Crippen LogP contribution in [0.25, 0.3) is 16.5 Å². The SMILES string of the molecule is CN(C)C(=O)C1CCCN1C(=O)c1cc(N)n2nc(-c3nccs3)nc2c1. The molecular formula is C17H19N7O2S. The van der Waals surface area contributed by atoms with E-state index in [1.807, 2.05) is 5.38 Å². The molecule has 0 bridgehead atoms. The highest BCUT2D eigenvalue weighted by atomic mass is 32.1. The Morgan fingerprint density at radius 2 is 2.15 bits per heavy atom. The molecule has 0 spiro atoms. The first-order valence-corrected chi connectivity index (χ1v) is 9.42. The minimum Gasteiger partial charge on any atom is -0.384 e. The van der Waals surface area contributed by atoms with Gasteiger partial charge in [0.1, 0.15) is 11.9 Å². The molecule has 0 saturated carbocycles. The molecule has 2 amide bonds.